The van der Waals surface area contributed by atoms with Crippen molar-refractivity contribution < 1.29 is 8.42 Å². The lowest BCUT2D eigenvalue weighted by molar-refractivity contribution is 0.603. The summed E-state index contributed by atoms with van der Waals surface area (Å²) < 4.78 is 24.8. The molecular weight excluding hydrogens is 292 g/mol. The van der Waals surface area contributed by atoms with Crippen LogP contribution in [0.25, 0.3) is 10.6 Å². The average molecular weight is 300 g/mol. The fourth-order valence-electron chi connectivity index (χ4n) is 1.67. The first-order chi connectivity index (χ1) is 10.1. The second-order valence-corrected chi connectivity index (χ2v) is 5.80. The van der Waals surface area contributed by atoms with Crippen molar-refractivity contribution in [3.63, 3.8) is 0 Å². The third kappa shape index (κ3) is 2.96. The van der Waals surface area contributed by atoms with Crippen LogP contribution in [0, 0.1) is 5.39 Å². The first-order valence-corrected chi connectivity index (χ1v) is 7.12. The fraction of sp³-hybridized carbons (Fsp3) is 0. The molecular formula is C12H8N6O2S. The van der Waals surface area contributed by atoms with Crippen molar-refractivity contribution in [3.8, 4) is 0 Å². The molecule has 0 radical (unpaired) electrons. The summed E-state index contributed by atoms with van der Waals surface area (Å²) in [5.74, 6) is 0. The highest BCUT2D eigenvalue weighted by molar-refractivity contribution is 7.95. The maximum absolute atomic E-state index is 12.4. The summed E-state index contributed by atoms with van der Waals surface area (Å²) in [6, 6.07) is 7.84. The first kappa shape index (κ1) is 14.4. The van der Waals surface area contributed by atoms with E-state index < -0.39 is 9.84 Å². The third-order valence-electron chi connectivity index (χ3n) is 2.62. The maximum atomic E-state index is 12.4. The molecule has 0 aliphatic heterocycles. The van der Waals surface area contributed by atoms with Crippen LogP contribution in [-0.2, 0) is 9.84 Å². The summed E-state index contributed by atoms with van der Waals surface area (Å²) in [6.07, 6.45) is 3.76. The predicted molar refractivity (Wildman–Crippen MR) is 76.6 cm³/mol. The van der Waals surface area contributed by atoms with Crippen LogP contribution in [0.3, 0.4) is 0 Å². The molecule has 1 aliphatic carbocycles. The number of hydrogen-bond donors (Lipinski definition) is 0. The van der Waals surface area contributed by atoms with Crippen molar-refractivity contribution in [3.05, 3.63) is 64.1 Å². The molecule has 0 saturated carbocycles. The number of diazo groups is 1. The highest BCUT2D eigenvalue weighted by atomic mass is 32.2. The van der Waals surface area contributed by atoms with E-state index in [1.807, 2.05) is 0 Å². The van der Waals surface area contributed by atoms with E-state index in [2.05, 4.69) is 20.5 Å². The van der Waals surface area contributed by atoms with Gasteiger partial charge in [0.05, 0.1) is 9.80 Å². The van der Waals surface area contributed by atoms with Gasteiger partial charge >= 0.3 is 5.08 Å². The largest absolute Gasteiger partial charge is 0.362 e. The zero-order valence-electron chi connectivity index (χ0n) is 10.5. The summed E-state index contributed by atoms with van der Waals surface area (Å²) in [5.41, 5.74) is 8.43. The van der Waals surface area contributed by atoms with E-state index >= 15 is 0 Å². The van der Waals surface area contributed by atoms with Crippen molar-refractivity contribution in [1.82, 2.24) is 0 Å². The Kier molecular flexibility index (Phi) is 4.10. The number of rotatable bonds is 3. The molecule has 0 saturated heterocycles. The minimum atomic E-state index is -3.73. The van der Waals surface area contributed by atoms with E-state index in [4.69, 9.17) is 10.9 Å². The van der Waals surface area contributed by atoms with Gasteiger partial charge in [0.1, 0.15) is 0 Å². The van der Waals surface area contributed by atoms with Crippen molar-refractivity contribution >= 4 is 21.3 Å². The monoisotopic (exact) mass is 300 g/mol. The van der Waals surface area contributed by atoms with Crippen LogP contribution >= 0.6 is 0 Å². The lowest BCUT2D eigenvalue weighted by atomic mass is 10.1. The molecule has 21 heavy (non-hydrogen) atoms. The molecule has 1 aliphatic rings. The lowest BCUT2D eigenvalue weighted by Gasteiger charge is -2.11. The van der Waals surface area contributed by atoms with Gasteiger partial charge in [0.2, 0.25) is 9.84 Å². The van der Waals surface area contributed by atoms with E-state index in [1.165, 1.54) is 30.4 Å². The average Bonchev–Trinajstić information content (AvgIpc) is 2.50. The molecule has 9 heteroatoms. The second kappa shape index (κ2) is 5.98. The second-order valence-electron chi connectivity index (χ2n) is 3.85. The Hall–Kier alpha value is -2.99. The number of allylic oxidation sites excluding steroid dienone is 3. The molecule has 0 unspecified atom stereocenters. The van der Waals surface area contributed by atoms with Gasteiger partial charge in [-0.15, -0.1) is 0 Å². The molecule has 0 heterocycles. The fourth-order valence-corrected chi connectivity index (χ4v) is 2.97. The molecule has 0 N–H and O–H groups in total. The normalized spacial score (nSPS) is 18.3. The predicted octanol–water partition coefficient (Wildman–Crippen LogP) is 2.50. The molecule has 1 aromatic carbocycles. The highest BCUT2D eigenvalue weighted by Gasteiger charge is 2.23. The van der Waals surface area contributed by atoms with E-state index in [0.29, 0.717) is 0 Å². The number of nitrogens with zero attached hydrogens (tertiary/aromatic N) is 6. The Labute approximate surface area is 120 Å². The van der Waals surface area contributed by atoms with Crippen LogP contribution in [0.5, 0.6) is 0 Å². The summed E-state index contributed by atoms with van der Waals surface area (Å²) >= 11 is 0. The summed E-state index contributed by atoms with van der Waals surface area (Å²) in [7, 11) is -3.73. The highest BCUT2D eigenvalue weighted by Crippen LogP contribution is 2.22. The van der Waals surface area contributed by atoms with Crippen LogP contribution in [-0.4, -0.2) is 19.8 Å². The van der Waals surface area contributed by atoms with Crippen LogP contribution < -0.4 is 0 Å². The summed E-state index contributed by atoms with van der Waals surface area (Å²) in [6.45, 7) is 0. The summed E-state index contributed by atoms with van der Waals surface area (Å²) in [4.78, 5) is 0.0708. The van der Waals surface area contributed by atoms with Crippen molar-refractivity contribution in [2.45, 2.75) is 4.90 Å². The maximum Gasteiger partial charge on any atom is 0.339 e. The minimum absolute atomic E-state index is 0.0482. The lowest BCUT2D eigenvalue weighted by Crippen LogP contribution is -2.16. The van der Waals surface area contributed by atoms with Gasteiger partial charge < -0.3 is 10.6 Å². The van der Waals surface area contributed by atoms with E-state index in [1.54, 1.807) is 18.2 Å². The number of hydrogen-bond acceptors (Lipinski definition) is 5. The SMILES string of the molecule is N#[N+]N=C1C=C(S(=O)(=O)c2ccccc2)C=CC1=NN=[N-]. The molecule has 1 aromatic rings. The van der Waals surface area contributed by atoms with Gasteiger partial charge in [-0.25, -0.2) is 8.42 Å². The van der Waals surface area contributed by atoms with Crippen LogP contribution in [0.2, 0.25) is 0 Å². The minimum Gasteiger partial charge on any atom is -0.362 e. The topological polar surface area (TPSA) is 122 Å². The van der Waals surface area contributed by atoms with Crippen LogP contribution in [0.15, 0.2) is 73.8 Å². The van der Waals surface area contributed by atoms with E-state index in [0.717, 1.165) is 0 Å². The van der Waals surface area contributed by atoms with Gasteiger partial charge in [-0.1, -0.05) is 24.3 Å². The summed E-state index contributed by atoms with van der Waals surface area (Å²) in [5, 5.41) is 20.4. The molecule has 8 nitrogen and oxygen atoms in total. The molecule has 0 bridgehead atoms. The van der Waals surface area contributed by atoms with Gasteiger partial charge in [-0.05, 0) is 24.3 Å². The Morgan fingerprint density at radius 1 is 1.10 bits per heavy atom. The Bertz CT molecular complexity index is 828. The molecule has 104 valence electrons. The quantitative estimate of drug-likeness (QED) is 0.369. The standard InChI is InChI=1S/C12H8N6O2S/c13-17-15-11-7-6-10(8-12(11)16-18-14)21(19,20)9-4-2-1-3-5-9/h1-8H. The first-order valence-electron chi connectivity index (χ1n) is 5.64. The van der Waals surface area contributed by atoms with Crippen molar-refractivity contribution in [1.29, 1.82) is 5.39 Å². The molecule has 0 spiro atoms. The Balaban J connectivity index is 2.52. The smallest absolute Gasteiger partial charge is 0.339 e. The number of benzene rings is 1. The third-order valence-corrected chi connectivity index (χ3v) is 4.38. The van der Waals surface area contributed by atoms with Gasteiger partial charge in [0.15, 0.2) is 10.8 Å². The zero-order chi connectivity index (χ0) is 15.3. The van der Waals surface area contributed by atoms with Gasteiger partial charge in [0.25, 0.3) is 5.39 Å². The van der Waals surface area contributed by atoms with Gasteiger partial charge in [-0.2, -0.15) is 0 Å². The molecule has 0 aromatic heterocycles. The molecule has 2 rings (SSSR count). The van der Waals surface area contributed by atoms with Crippen LogP contribution in [0.1, 0.15) is 0 Å². The van der Waals surface area contributed by atoms with E-state index in [-0.39, 0.29) is 21.2 Å². The Morgan fingerprint density at radius 2 is 1.81 bits per heavy atom. The molecule has 0 amide bonds. The molecule has 0 fully saturated rings. The molecule has 0 atom stereocenters. The van der Waals surface area contributed by atoms with Gasteiger partial charge in [-0.3, -0.25) is 5.22 Å². The number of sulfone groups is 1. The zero-order valence-corrected chi connectivity index (χ0v) is 11.3. The Morgan fingerprint density at radius 3 is 2.43 bits per heavy atom. The van der Waals surface area contributed by atoms with Crippen molar-refractivity contribution in [2.24, 2.45) is 15.4 Å². The van der Waals surface area contributed by atoms with Crippen molar-refractivity contribution in [2.75, 3.05) is 0 Å². The van der Waals surface area contributed by atoms with Gasteiger partial charge in [0, 0.05) is 5.71 Å². The van der Waals surface area contributed by atoms with E-state index in [9.17, 15) is 8.42 Å². The van der Waals surface area contributed by atoms with Crippen LogP contribution in [0.4, 0.5) is 0 Å².